The SMILES string of the molecule is Cc1ccc([N+](=O)[O-])c(S(=O)(=O)N2CCC(NCC3CC3)CC2)c1C. The van der Waals surface area contributed by atoms with Gasteiger partial charge >= 0.3 is 0 Å². The zero-order valence-corrected chi connectivity index (χ0v) is 15.5. The molecule has 0 amide bonds. The Morgan fingerprint density at radius 2 is 1.84 bits per heavy atom. The molecule has 1 aliphatic heterocycles. The molecule has 1 saturated heterocycles. The van der Waals surface area contributed by atoms with Crippen LogP contribution in [0.2, 0.25) is 0 Å². The van der Waals surface area contributed by atoms with Gasteiger partial charge in [-0.2, -0.15) is 4.31 Å². The molecule has 1 aromatic carbocycles. The van der Waals surface area contributed by atoms with Crippen LogP contribution in [-0.4, -0.2) is 43.3 Å². The van der Waals surface area contributed by atoms with Gasteiger partial charge in [-0.3, -0.25) is 10.1 Å². The topological polar surface area (TPSA) is 92.5 Å². The van der Waals surface area contributed by atoms with Gasteiger partial charge in [0.1, 0.15) is 0 Å². The maximum atomic E-state index is 13.1. The zero-order valence-electron chi connectivity index (χ0n) is 14.7. The predicted molar refractivity (Wildman–Crippen MR) is 95.1 cm³/mol. The Bertz CT molecular complexity index is 766. The molecule has 0 aromatic heterocycles. The van der Waals surface area contributed by atoms with Gasteiger partial charge < -0.3 is 5.32 Å². The summed E-state index contributed by atoms with van der Waals surface area (Å²) in [4.78, 5) is 10.6. The summed E-state index contributed by atoms with van der Waals surface area (Å²) in [6.45, 7) is 5.22. The molecule has 138 valence electrons. The van der Waals surface area contributed by atoms with E-state index >= 15 is 0 Å². The molecule has 0 unspecified atom stereocenters. The molecule has 3 rings (SSSR count). The van der Waals surface area contributed by atoms with Gasteiger partial charge in [-0.05, 0) is 63.1 Å². The second-order valence-electron chi connectivity index (χ2n) is 7.14. The van der Waals surface area contributed by atoms with Crippen LogP contribution >= 0.6 is 0 Å². The summed E-state index contributed by atoms with van der Waals surface area (Å²) in [7, 11) is -3.87. The van der Waals surface area contributed by atoms with Crippen molar-refractivity contribution < 1.29 is 13.3 Å². The van der Waals surface area contributed by atoms with Crippen molar-refractivity contribution in [1.82, 2.24) is 9.62 Å². The molecule has 0 atom stereocenters. The van der Waals surface area contributed by atoms with Crippen molar-refractivity contribution in [2.45, 2.75) is 50.5 Å². The summed E-state index contributed by atoms with van der Waals surface area (Å²) in [6.07, 6.45) is 4.06. The van der Waals surface area contributed by atoms with Crippen LogP contribution in [0.4, 0.5) is 5.69 Å². The molecule has 1 heterocycles. The summed E-state index contributed by atoms with van der Waals surface area (Å²) in [5.74, 6) is 0.791. The zero-order chi connectivity index (χ0) is 18.2. The first kappa shape index (κ1) is 18.3. The lowest BCUT2D eigenvalue weighted by Crippen LogP contribution is -2.45. The highest BCUT2D eigenvalue weighted by Crippen LogP contribution is 2.33. The molecule has 7 nitrogen and oxygen atoms in total. The van der Waals surface area contributed by atoms with E-state index in [1.807, 2.05) is 0 Å². The Kier molecular flexibility index (Phi) is 5.13. The lowest BCUT2D eigenvalue weighted by Gasteiger charge is -2.32. The quantitative estimate of drug-likeness (QED) is 0.615. The molecule has 1 saturated carbocycles. The lowest BCUT2D eigenvalue weighted by atomic mass is 10.1. The van der Waals surface area contributed by atoms with Crippen molar-refractivity contribution in [1.29, 1.82) is 0 Å². The molecule has 8 heteroatoms. The summed E-state index contributed by atoms with van der Waals surface area (Å²) in [5.41, 5.74) is 0.866. The first-order valence-electron chi connectivity index (χ1n) is 8.79. The Morgan fingerprint density at radius 1 is 1.20 bits per heavy atom. The molecule has 1 aromatic rings. The number of hydrogen-bond donors (Lipinski definition) is 1. The average Bonchev–Trinajstić information content (AvgIpc) is 3.39. The second-order valence-corrected chi connectivity index (χ2v) is 9.02. The van der Waals surface area contributed by atoms with Gasteiger partial charge in [0.25, 0.3) is 5.69 Å². The van der Waals surface area contributed by atoms with Crippen molar-refractivity contribution in [3.8, 4) is 0 Å². The van der Waals surface area contributed by atoms with Gasteiger partial charge in [0.05, 0.1) is 4.92 Å². The Labute approximate surface area is 148 Å². The third-order valence-electron chi connectivity index (χ3n) is 5.30. The Morgan fingerprint density at radius 3 is 2.40 bits per heavy atom. The lowest BCUT2D eigenvalue weighted by molar-refractivity contribution is -0.388. The van der Waals surface area contributed by atoms with Crippen molar-refractivity contribution in [3.05, 3.63) is 33.4 Å². The molecule has 0 bridgehead atoms. The number of sulfonamides is 1. The summed E-state index contributed by atoms with van der Waals surface area (Å²) < 4.78 is 27.5. The van der Waals surface area contributed by atoms with Gasteiger partial charge in [0.15, 0.2) is 4.90 Å². The number of nitro groups is 1. The fourth-order valence-electron chi connectivity index (χ4n) is 3.33. The van der Waals surface area contributed by atoms with Crippen LogP contribution in [-0.2, 0) is 10.0 Å². The summed E-state index contributed by atoms with van der Waals surface area (Å²) >= 11 is 0. The van der Waals surface area contributed by atoms with E-state index in [0.717, 1.165) is 30.9 Å². The highest BCUT2D eigenvalue weighted by atomic mass is 32.2. The van der Waals surface area contributed by atoms with Crippen LogP contribution in [0, 0.1) is 29.9 Å². The molecule has 0 spiro atoms. The number of aryl methyl sites for hydroxylation is 1. The number of rotatable bonds is 6. The van der Waals surface area contributed by atoms with Gasteiger partial charge in [-0.1, -0.05) is 6.07 Å². The molecule has 25 heavy (non-hydrogen) atoms. The predicted octanol–water partition coefficient (Wildman–Crippen LogP) is 2.36. The second kappa shape index (κ2) is 7.01. The van der Waals surface area contributed by atoms with Gasteiger partial charge in [-0.25, -0.2) is 8.42 Å². The van der Waals surface area contributed by atoms with Crippen LogP contribution in [0.1, 0.15) is 36.8 Å². The minimum Gasteiger partial charge on any atom is -0.314 e. The first-order valence-corrected chi connectivity index (χ1v) is 10.2. The van der Waals surface area contributed by atoms with E-state index in [4.69, 9.17) is 0 Å². The molecule has 2 aliphatic rings. The molecule has 2 fully saturated rings. The standard InChI is InChI=1S/C17H25N3O4S/c1-12-3-6-16(20(21)22)17(13(12)2)25(23,24)19-9-7-15(8-10-19)18-11-14-4-5-14/h3,6,14-15,18H,4-5,7-11H2,1-2H3. The van der Waals surface area contributed by atoms with E-state index in [1.165, 1.54) is 23.2 Å². The summed E-state index contributed by atoms with van der Waals surface area (Å²) in [5, 5.41) is 14.8. The van der Waals surface area contributed by atoms with Crippen LogP contribution in [0.5, 0.6) is 0 Å². The molecule has 1 aliphatic carbocycles. The monoisotopic (exact) mass is 367 g/mol. The van der Waals surface area contributed by atoms with Gasteiger partial charge in [0, 0.05) is 25.2 Å². The van der Waals surface area contributed by atoms with Crippen molar-refractivity contribution in [2.24, 2.45) is 5.92 Å². The molecule has 0 radical (unpaired) electrons. The normalized spacial score (nSPS) is 19.9. The van der Waals surface area contributed by atoms with Gasteiger partial charge in [0.2, 0.25) is 10.0 Å². The van der Waals surface area contributed by atoms with E-state index in [-0.39, 0.29) is 10.6 Å². The van der Waals surface area contributed by atoms with E-state index in [9.17, 15) is 18.5 Å². The van der Waals surface area contributed by atoms with E-state index in [2.05, 4.69) is 5.32 Å². The molecule has 1 N–H and O–H groups in total. The third-order valence-corrected chi connectivity index (χ3v) is 7.37. The largest absolute Gasteiger partial charge is 0.314 e. The number of nitrogens with zero attached hydrogens (tertiary/aromatic N) is 2. The van der Waals surface area contributed by atoms with Gasteiger partial charge in [-0.15, -0.1) is 0 Å². The minimum atomic E-state index is -3.87. The number of nitrogens with one attached hydrogen (secondary N) is 1. The smallest absolute Gasteiger partial charge is 0.289 e. The van der Waals surface area contributed by atoms with Crippen LogP contribution in [0.3, 0.4) is 0 Å². The van der Waals surface area contributed by atoms with E-state index < -0.39 is 14.9 Å². The maximum Gasteiger partial charge on any atom is 0.289 e. The van der Waals surface area contributed by atoms with Crippen molar-refractivity contribution in [2.75, 3.05) is 19.6 Å². The van der Waals surface area contributed by atoms with Crippen molar-refractivity contribution >= 4 is 15.7 Å². The number of piperidine rings is 1. The average molecular weight is 367 g/mol. The molecular weight excluding hydrogens is 342 g/mol. The van der Waals surface area contributed by atoms with E-state index in [0.29, 0.717) is 24.7 Å². The van der Waals surface area contributed by atoms with Crippen LogP contribution in [0.25, 0.3) is 0 Å². The fraction of sp³-hybridized carbons (Fsp3) is 0.647. The van der Waals surface area contributed by atoms with Crippen LogP contribution < -0.4 is 5.32 Å². The van der Waals surface area contributed by atoms with E-state index in [1.54, 1.807) is 19.9 Å². The third kappa shape index (κ3) is 3.86. The summed E-state index contributed by atoms with van der Waals surface area (Å²) in [6, 6.07) is 3.22. The maximum absolute atomic E-state index is 13.1. The highest BCUT2D eigenvalue weighted by molar-refractivity contribution is 7.89. The Hall–Kier alpha value is -1.51. The van der Waals surface area contributed by atoms with Crippen LogP contribution in [0.15, 0.2) is 17.0 Å². The Balaban J connectivity index is 1.78. The number of benzene rings is 1. The molecular formula is C17H25N3O4S. The fourth-order valence-corrected chi connectivity index (χ4v) is 5.23. The number of nitro benzene ring substituents is 1. The minimum absolute atomic E-state index is 0.151. The first-order chi connectivity index (χ1) is 11.8. The number of hydrogen-bond acceptors (Lipinski definition) is 5. The highest BCUT2D eigenvalue weighted by Gasteiger charge is 2.36. The van der Waals surface area contributed by atoms with Crippen molar-refractivity contribution in [3.63, 3.8) is 0 Å².